The summed E-state index contributed by atoms with van der Waals surface area (Å²) in [5.74, 6) is 2.14. The maximum atomic E-state index is 10.5. The van der Waals surface area contributed by atoms with Crippen molar-refractivity contribution in [2.45, 2.75) is 25.2 Å². The van der Waals surface area contributed by atoms with Crippen molar-refractivity contribution in [1.82, 2.24) is 4.98 Å². The van der Waals surface area contributed by atoms with E-state index in [1.165, 1.54) is 18.6 Å². The first-order chi connectivity index (χ1) is 7.25. The third-order valence-corrected chi connectivity index (χ3v) is 4.68. The van der Waals surface area contributed by atoms with Crippen LogP contribution in [0.25, 0.3) is 0 Å². The van der Waals surface area contributed by atoms with Crippen LogP contribution in [0.15, 0.2) is 5.38 Å². The molecule has 1 aliphatic rings. The molecule has 0 aromatic carbocycles. The largest absolute Gasteiger partial charge is 0.481 e. The molecular weight excluding hydrogens is 230 g/mol. The van der Waals surface area contributed by atoms with E-state index >= 15 is 0 Å². The topological polar surface area (TPSA) is 50.2 Å². The maximum Gasteiger partial charge on any atom is 0.309 e. The van der Waals surface area contributed by atoms with Gasteiger partial charge in [0, 0.05) is 17.1 Å². The second-order valence-electron chi connectivity index (χ2n) is 3.66. The number of rotatable bonds is 3. The molecule has 1 fully saturated rings. The predicted molar refractivity (Wildman–Crippen MR) is 62.8 cm³/mol. The highest BCUT2D eigenvalue weighted by atomic mass is 32.2. The zero-order valence-corrected chi connectivity index (χ0v) is 9.94. The van der Waals surface area contributed by atoms with Crippen LogP contribution >= 0.6 is 23.1 Å². The van der Waals surface area contributed by atoms with Crippen LogP contribution in [0.1, 0.15) is 29.5 Å². The van der Waals surface area contributed by atoms with Crippen molar-refractivity contribution in [3.05, 3.63) is 16.1 Å². The first-order valence-electron chi connectivity index (χ1n) is 4.99. The zero-order chi connectivity index (χ0) is 10.7. The fourth-order valence-corrected chi connectivity index (χ4v) is 3.89. The van der Waals surface area contributed by atoms with Crippen molar-refractivity contribution in [3.63, 3.8) is 0 Å². The summed E-state index contributed by atoms with van der Waals surface area (Å²) in [6, 6.07) is 0. The van der Waals surface area contributed by atoms with Gasteiger partial charge in [-0.2, -0.15) is 11.8 Å². The molecule has 1 atom stereocenters. The number of carboxylic acid groups (broad SMARTS) is 1. The van der Waals surface area contributed by atoms with Crippen LogP contribution in [0.4, 0.5) is 0 Å². The average Bonchev–Trinajstić information content (AvgIpc) is 2.67. The van der Waals surface area contributed by atoms with Crippen molar-refractivity contribution in [1.29, 1.82) is 0 Å². The number of thioether (sulfide) groups is 1. The summed E-state index contributed by atoms with van der Waals surface area (Å²) in [5, 5.41) is 11.6. The average molecular weight is 243 g/mol. The Labute approximate surface area is 96.9 Å². The van der Waals surface area contributed by atoms with E-state index in [-0.39, 0.29) is 6.42 Å². The molecule has 0 saturated carbocycles. The van der Waals surface area contributed by atoms with Crippen LogP contribution < -0.4 is 0 Å². The van der Waals surface area contributed by atoms with E-state index < -0.39 is 5.97 Å². The summed E-state index contributed by atoms with van der Waals surface area (Å²) in [6.45, 7) is 0. The van der Waals surface area contributed by atoms with Crippen molar-refractivity contribution >= 4 is 29.1 Å². The van der Waals surface area contributed by atoms with Crippen LogP contribution in [0.2, 0.25) is 0 Å². The minimum atomic E-state index is -0.801. The first-order valence-corrected chi connectivity index (χ1v) is 7.03. The SMILES string of the molecule is O=C(O)Cc1csc(C2CCCSC2)n1. The monoisotopic (exact) mass is 243 g/mol. The van der Waals surface area contributed by atoms with Gasteiger partial charge in [0.2, 0.25) is 0 Å². The molecule has 2 heterocycles. The molecule has 0 bridgehead atoms. The molecule has 2 rings (SSSR count). The van der Waals surface area contributed by atoms with Crippen molar-refractivity contribution in [2.75, 3.05) is 11.5 Å². The van der Waals surface area contributed by atoms with Gasteiger partial charge in [0.25, 0.3) is 0 Å². The number of hydrogen-bond acceptors (Lipinski definition) is 4. The predicted octanol–water partition coefficient (Wildman–Crippen LogP) is 2.38. The van der Waals surface area contributed by atoms with E-state index in [1.807, 2.05) is 17.1 Å². The first kappa shape index (κ1) is 11.0. The Morgan fingerprint density at radius 2 is 2.53 bits per heavy atom. The lowest BCUT2D eigenvalue weighted by atomic mass is 10.1. The van der Waals surface area contributed by atoms with E-state index in [1.54, 1.807) is 11.3 Å². The lowest BCUT2D eigenvalue weighted by Gasteiger charge is -2.18. The number of thiazole rings is 1. The van der Waals surface area contributed by atoms with Gasteiger partial charge in [0.15, 0.2) is 0 Å². The minimum absolute atomic E-state index is 0.0519. The molecule has 0 amide bonds. The molecule has 1 aromatic heterocycles. The third-order valence-electron chi connectivity index (χ3n) is 2.41. The normalized spacial score (nSPS) is 21.5. The van der Waals surface area contributed by atoms with Gasteiger partial charge >= 0.3 is 5.97 Å². The molecule has 1 aliphatic heterocycles. The molecule has 5 heteroatoms. The van der Waals surface area contributed by atoms with Gasteiger partial charge in [-0.25, -0.2) is 4.98 Å². The summed E-state index contributed by atoms with van der Waals surface area (Å²) in [5.41, 5.74) is 0.707. The Morgan fingerprint density at radius 3 is 3.20 bits per heavy atom. The summed E-state index contributed by atoms with van der Waals surface area (Å²) < 4.78 is 0. The second kappa shape index (κ2) is 4.99. The third kappa shape index (κ3) is 2.95. The van der Waals surface area contributed by atoms with Crippen LogP contribution in [0.3, 0.4) is 0 Å². The maximum absolute atomic E-state index is 10.5. The van der Waals surface area contributed by atoms with Crippen LogP contribution in [-0.2, 0) is 11.2 Å². The molecular formula is C10H13NO2S2. The molecule has 3 nitrogen and oxygen atoms in total. The molecule has 1 saturated heterocycles. The molecule has 15 heavy (non-hydrogen) atoms. The highest BCUT2D eigenvalue weighted by molar-refractivity contribution is 7.99. The summed E-state index contributed by atoms with van der Waals surface area (Å²) >= 11 is 3.58. The van der Waals surface area contributed by atoms with Crippen LogP contribution in [-0.4, -0.2) is 27.6 Å². The lowest BCUT2D eigenvalue weighted by molar-refractivity contribution is -0.136. The van der Waals surface area contributed by atoms with Gasteiger partial charge in [0.1, 0.15) is 0 Å². The molecule has 1 aromatic rings. The molecule has 0 radical (unpaired) electrons. The van der Waals surface area contributed by atoms with Gasteiger partial charge in [0.05, 0.1) is 17.1 Å². The van der Waals surface area contributed by atoms with E-state index in [2.05, 4.69) is 4.98 Å². The molecule has 1 N–H and O–H groups in total. The molecule has 0 spiro atoms. The van der Waals surface area contributed by atoms with E-state index in [0.29, 0.717) is 11.6 Å². The van der Waals surface area contributed by atoms with Gasteiger partial charge in [-0.15, -0.1) is 11.3 Å². The smallest absolute Gasteiger partial charge is 0.309 e. The minimum Gasteiger partial charge on any atom is -0.481 e. The van der Waals surface area contributed by atoms with Gasteiger partial charge in [-0.3, -0.25) is 4.79 Å². The van der Waals surface area contributed by atoms with E-state index in [4.69, 9.17) is 5.11 Å². The Kier molecular flexibility index (Phi) is 3.64. The van der Waals surface area contributed by atoms with Crippen molar-refractivity contribution in [3.8, 4) is 0 Å². The lowest BCUT2D eigenvalue weighted by Crippen LogP contribution is -2.08. The molecule has 0 aliphatic carbocycles. The standard InChI is InChI=1S/C10H13NO2S2/c12-9(13)4-8-6-15-10(11-8)7-2-1-3-14-5-7/h6-7H,1-5H2,(H,12,13). The molecule has 1 unspecified atom stereocenters. The second-order valence-corrected chi connectivity index (χ2v) is 5.70. The fraction of sp³-hybridized carbons (Fsp3) is 0.600. The van der Waals surface area contributed by atoms with E-state index in [9.17, 15) is 4.79 Å². The Balaban J connectivity index is 2.02. The summed E-state index contributed by atoms with van der Waals surface area (Å²) in [7, 11) is 0. The number of carboxylic acids is 1. The van der Waals surface area contributed by atoms with Gasteiger partial charge in [-0.05, 0) is 18.6 Å². The highest BCUT2D eigenvalue weighted by Gasteiger charge is 2.19. The van der Waals surface area contributed by atoms with Crippen molar-refractivity contribution in [2.24, 2.45) is 0 Å². The zero-order valence-electron chi connectivity index (χ0n) is 8.31. The number of carbonyl (C=O) groups is 1. The number of aliphatic carboxylic acids is 1. The quantitative estimate of drug-likeness (QED) is 0.885. The molecule has 82 valence electrons. The van der Waals surface area contributed by atoms with Gasteiger partial charge < -0.3 is 5.11 Å². The van der Waals surface area contributed by atoms with Crippen LogP contribution in [0, 0.1) is 0 Å². The Bertz CT molecular complexity index is 345. The van der Waals surface area contributed by atoms with E-state index in [0.717, 1.165) is 10.8 Å². The summed E-state index contributed by atoms with van der Waals surface area (Å²) in [4.78, 5) is 14.9. The number of hydrogen-bond donors (Lipinski definition) is 1. The van der Waals surface area contributed by atoms with Gasteiger partial charge in [-0.1, -0.05) is 0 Å². The summed E-state index contributed by atoms with van der Waals surface area (Å²) in [6.07, 6.45) is 2.51. The number of nitrogens with zero attached hydrogens (tertiary/aromatic N) is 1. The number of aromatic nitrogens is 1. The highest BCUT2D eigenvalue weighted by Crippen LogP contribution is 2.32. The van der Waals surface area contributed by atoms with Crippen LogP contribution in [0.5, 0.6) is 0 Å². The van der Waals surface area contributed by atoms with Crippen molar-refractivity contribution < 1.29 is 9.90 Å². The Morgan fingerprint density at radius 1 is 1.67 bits per heavy atom. The fourth-order valence-electron chi connectivity index (χ4n) is 1.68. The Hall–Kier alpha value is -0.550.